The number of aromatic nitrogens is 1. The van der Waals surface area contributed by atoms with Crippen molar-refractivity contribution in [3.8, 4) is 17.0 Å². The molecule has 6 rings (SSSR count). The first-order valence-corrected chi connectivity index (χ1v) is 12.5. The van der Waals surface area contributed by atoms with E-state index in [0.717, 1.165) is 17.0 Å². The van der Waals surface area contributed by atoms with E-state index in [2.05, 4.69) is 103 Å². The topological polar surface area (TPSA) is 22.1 Å². The van der Waals surface area contributed by atoms with Gasteiger partial charge in [-0.05, 0) is 78.3 Å². The molecule has 34 heavy (non-hydrogen) atoms. The second-order valence-electron chi connectivity index (χ2n) is 11.3. The Kier molecular flexibility index (Phi) is 4.52. The Bertz CT molecular complexity index is 1480. The molecule has 0 saturated carbocycles. The van der Waals surface area contributed by atoms with Crippen LogP contribution in [0.5, 0.6) is 5.75 Å². The lowest BCUT2D eigenvalue weighted by Crippen LogP contribution is -2.23. The summed E-state index contributed by atoms with van der Waals surface area (Å²) in [6.07, 6.45) is 0.0633. The van der Waals surface area contributed by atoms with Crippen LogP contribution in [0.4, 0.5) is 0 Å². The van der Waals surface area contributed by atoms with Gasteiger partial charge in [0.2, 0.25) is 0 Å². The Labute approximate surface area is 203 Å². The molecule has 172 valence electrons. The fourth-order valence-corrected chi connectivity index (χ4v) is 6.67. The quantitative estimate of drug-likeness (QED) is 0.307. The number of fused-ring (bicyclic) bond motifs is 6. The molecule has 0 amide bonds. The SMILES string of the molecule is Cc1cc(C)c2c(C)cc(-c3cccc4c3C(C)(C)C3c5cc(C(C)C)ccc5OC43)nc2c1. The zero-order valence-electron chi connectivity index (χ0n) is 21.3. The highest BCUT2D eigenvalue weighted by Gasteiger charge is 2.53. The van der Waals surface area contributed by atoms with Crippen molar-refractivity contribution in [2.24, 2.45) is 0 Å². The van der Waals surface area contributed by atoms with E-state index in [1.165, 1.54) is 49.9 Å². The minimum absolute atomic E-state index is 0.0633. The lowest BCUT2D eigenvalue weighted by molar-refractivity contribution is 0.198. The molecule has 0 radical (unpaired) electrons. The monoisotopic (exact) mass is 447 g/mol. The Morgan fingerprint density at radius 1 is 0.882 bits per heavy atom. The van der Waals surface area contributed by atoms with E-state index in [4.69, 9.17) is 9.72 Å². The van der Waals surface area contributed by atoms with Gasteiger partial charge in [0.1, 0.15) is 11.9 Å². The van der Waals surface area contributed by atoms with Crippen LogP contribution in [0.25, 0.3) is 22.2 Å². The average molecular weight is 448 g/mol. The molecule has 0 N–H and O–H groups in total. The number of hydrogen-bond donors (Lipinski definition) is 0. The van der Waals surface area contributed by atoms with Gasteiger partial charge in [-0.3, -0.25) is 0 Å². The van der Waals surface area contributed by atoms with Crippen LogP contribution in [-0.4, -0.2) is 4.98 Å². The van der Waals surface area contributed by atoms with Gasteiger partial charge in [0.25, 0.3) is 0 Å². The Morgan fingerprint density at radius 3 is 2.41 bits per heavy atom. The first kappa shape index (κ1) is 21.4. The van der Waals surface area contributed by atoms with Gasteiger partial charge in [-0.15, -0.1) is 0 Å². The van der Waals surface area contributed by atoms with Crippen molar-refractivity contribution < 1.29 is 4.74 Å². The summed E-state index contributed by atoms with van der Waals surface area (Å²) >= 11 is 0. The summed E-state index contributed by atoms with van der Waals surface area (Å²) in [5.74, 6) is 1.86. The standard InChI is InChI=1S/C32H33NO/c1-17(2)21-11-12-27-24(16-21)30-31(34-27)23-10-8-9-22(29(23)32(30,6)7)25-15-20(5)28-19(4)13-18(3)14-26(28)33-25/h8-17,30-31H,1-7H3. The average Bonchev–Trinajstić information content (AvgIpc) is 3.26. The fraction of sp³-hybridized carbons (Fsp3) is 0.344. The van der Waals surface area contributed by atoms with Crippen molar-refractivity contribution in [2.75, 3.05) is 0 Å². The van der Waals surface area contributed by atoms with Crippen LogP contribution in [0.3, 0.4) is 0 Å². The fourth-order valence-electron chi connectivity index (χ4n) is 6.67. The zero-order chi connectivity index (χ0) is 23.9. The van der Waals surface area contributed by atoms with E-state index in [1.54, 1.807) is 0 Å². The number of nitrogens with zero attached hydrogens (tertiary/aromatic N) is 1. The highest BCUT2D eigenvalue weighted by Crippen LogP contribution is 2.63. The van der Waals surface area contributed by atoms with Gasteiger partial charge in [0, 0.05) is 27.8 Å². The van der Waals surface area contributed by atoms with Crippen LogP contribution in [0.15, 0.2) is 54.6 Å². The van der Waals surface area contributed by atoms with Crippen molar-refractivity contribution in [3.63, 3.8) is 0 Å². The molecule has 1 aromatic heterocycles. The van der Waals surface area contributed by atoms with Crippen molar-refractivity contribution in [1.82, 2.24) is 4.98 Å². The first-order chi connectivity index (χ1) is 16.2. The van der Waals surface area contributed by atoms with Gasteiger partial charge >= 0.3 is 0 Å². The van der Waals surface area contributed by atoms with Crippen LogP contribution < -0.4 is 4.74 Å². The van der Waals surface area contributed by atoms with E-state index in [-0.39, 0.29) is 11.5 Å². The third-order valence-corrected chi connectivity index (χ3v) is 8.14. The lowest BCUT2D eigenvalue weighted by Gasteiger charge is -2.29. The second kappa shape index (κ2) is 7.18. The van der Waals surface area contributed by atoms with Crippen LogP contribution in [0.1, 0.15) is 84.6 Å². The van der Waals surface area contributed by atoms with Crippen molar-refractivity contribution >= 4 is 10.9 Å². The molecule has 2 heterocycles. The lowest BCUT2D eigenvalue weighted by atomic mass is 9.73. The molecule has 2 unspecified atom stereocenters. The molecule has 2 heteroatoms. The van der Waals surface area contributed by atoms with E-state index in [1.807, 2.05) is 0 Å². The smallest absolute Gasteiger partial charge is 0.132 e. The highest BCUT2D eigenvalue weighted by molar-refractivity contribution is 5.89. The molecule has 2 nitrogen and oxygen atoms in total. The third-order valence-electron chi connectivity index (χ3n) is 8.14. The van der Waals surface area contributed by atoms with E-state index in [0.29, 0.717) is 11.8 Å². The largest absolute Gasteiger partial charge is 0.485 e. The van der Waals surface area contributed by atoms with Gasteiger partial charge in [0.05, 0.1) is 11.2 Å². The summed E-state index contributed by atoms with van der Waals surface area (Å²) in [5, 5.41) is 1.27. The molecule has 0 saturated heterocycles. The predicted octanol–water partition coefficient (Wildman–Crippen LogP) is 8.46. The Balaban J connectivity index is 1.55. The molecule has 2 aliphatic rings. The van der Waals surface area contributed by atoms with Crippen molar-refractivity contribution in [3.05, 3.63) is 93.5 Å². The van der Waals surface area contributed by atoms with Crippen molar-refractivity contribution in [2.45, 2.75) is 71.8 Å². The van der Waals surface area contributed by atoms with Crippen LogP contribution in [0.2, 0.25) is 0 Å². The third kappa shape index (κ3) is 2.90. The number of pyridine rings is 1. The number of benzene rings is 3. The van der Waals surface area contributed by atoms with E-state index in [9.17, 15) is 0 Å². The maximum absolute atomic E-state index is 6.62. The Morgan fingerprint density at radius 2 is 1.65 bits per heavy atom. The molecule has 1 aliphatic heterocycles. The van der Waals surface area contributed by atoms with Gasteiger partial charge in [-0.1, -0.05) is 64.1 Å². The van der Waals surface area contributed by atoms with Gasteiger partial charge < -0.3 is 4.74 Å². The minimum Gasteiger partial charge on any atom is -0.485 e. The maximum Gasteiger partial charge on any atom is 0.132 e. The van der Waals surface area contributed by atoms with Gasteiger partial charge in [0.15, 0.2) is 0 Å². The summed E-state index contributed by atoms with van der Waals surface area (Å²) in [6.45, 7) is 15.9. The molecule has 0 spiro atoms. The summed E-state index contributed by atoms with van der Waals surface area (Å²) in [5.41, 5.74) is 12.6. The molecular weight excluding hydrogens is 414 g/mol. The Hall–Kier alpha value is -3.13. The van der Waals surface area contributed by atoms with Gasteiger partial charge in [-0.25, -0.2) is 4.98 Å². The summed E-state index contributed by atoms with van der Waals surface area (Å²) in [4.78, 5) is 5.21. The predicted molar refractivity (Wildman–Crippen MR) is 141 cm³/mol. The molecule has 4 aromatic rings. The number of ether oxygens (including phenoxy) is 1. The van der Waals surface area contributed by atoms with E-state index >= 15 is 0 Å². The summed E-state index contributed by atoms with van der Waals surface area (Å²) in [6, 6.07) is 20.2. The second-order valence-corrected chi connectivity index (χ2v) is 11.3. The zero-order valence-corrected chi connectivity index (χ0v) is 21.3. The van der Waals surface area contributed by atoms with Crippen LogP contribution in [-0.2, 0) is 5.41 Å². The molecule has 0 bridgehead atoms. The highest BCUT2D eigenvalue weighted by atomic mass is 16.5. The van der Waals surface area contributed by atoms with Gasteiger partial charge in [-0.2, -0.15) is 0 Å². The van der Waals surface area contributed by atoms with E-state index < -0.39 is 0 Å². The summed E-state index contributed by atoms with van der Waals surface area (Å²) < 4.78 is 6.62. The van der Waals surface area contributed by atoms with Crippen LogP contribution in [0, 0.1) is 20.8 Å². The molecular formula is C32H33NO. The number of hydrogen-bond acceptors (Lipinski definition) is 2. The maximum atomic E-state index is 6.62. The van der Waals surface area contributed by atoms with Crippen molar-refractivity contribution in [1.29, 1.82) is 0 Å². The summed E-state index contributed by atoms with van der Waals surface area (Å²) in [7, 11) is 0. The minimum atomic E-state index is -0.0650. The molecule has 0 fully saturated rings. The van der Waals surface area contributed by atoms with Crippen LogP contribution >= 0.6 is 0 Å². The molecule has 3 aromatic carbocycles. The molecule has 1 aliphatic carbocycles. The number of aryl methyl sites for hydroxylation is 3. The first-order valence-electron chi connectivity index (χ1n) is 12.5. The number of rotatable bonds is 2. The normalized spacial score (nSPS) is 19.8. The molecule has 2 atom stereocenters.